The van der Waals surface area contributed by atoms with Crippen LogP contribution in [0, 0.1) is 12.7 Å². The molecular weight excluding hydrogens is 646 g/mol. The SMILES string of the molecule is Cc1c(-c2ccccc2)c(=O)n(CC[C@H](NC(=O)OC(C)(C)C)c2ccccc2OCCCO)c(=O)n1Cc1c(F)cccc1C(F)(F)F. The maximum absolute atomic E-state index is 15.0. The van der Waals surface area contributed by atoms with Gasteiger partial charge in [-0.25, -0.2) is 14.0 Å². The molecule has 2 N–H and O–H groups in total. The number of nitrogens with zero attached hydrogens (tertiary/aromatic N) is 2. The molecule has 0 fully saturated rings. The van der Waals surface area contributed by atoms with E-state index in [2.05, 4.69) is 5.32 Å². The molecule has 4 aromatic rings. The number of para-hydroxylation sites is 1. The van der Waals surface area contributed by atoms with Crippen molar-refractivity contribution < 1.29 is 36.9 Å². The minimum absolute atomic E-state index is 0.0505. The van der Waals surface area contributed by atoms with Crippen molar-refractivity contribution >= 4 is 6.09 Å². The minimum atomic E-state index is -4.90. The lowest BCUT2D eigenvalue weighted by Gasteiger charge is -2.26. The highest BCUT2D eigenvalue weighted by molar-refractivity contribution is 5.68. The van der Waals surface area contributed by atoms with Crippen molar-refractivity contribution in [3.63, 3.8) is 0 Å². The Morgan fingerprint density at radius 2 is 1.61 bits per heavy atom. The molecule has 0 unspecified atom stereocenters. The summed E-state index contributed by atoms with van der Waals surface area (Å²) in [5, 5.41) is 12.0. The Morgan fingerprint density at radius 1 is 0.939 bits per heavy atom. The number of hydrogen-bond donors (Lipinski definition) is 2. The molecule has 0 bridgehead atoms. The van der Waals surface area contributed by atoms with Gasteiger partial charge in [-0.1, -0.05) is 54.6 Å². The third-order valence-corrected chi connectivity index (χ3v) is 7.68. The van der Waals surface area contributed by atoms with Crippen molar-refractivity contribution in [3.8, 4) is 16.9 Å². The van der Waals surface area contributed by atoms with E-state index < -0.39 is 58.7 Å². The van der Waals surface area contributed by atoms with Gasteiger partial charge in [0.25, 0.3) is 5.56 Å². The standard InChI is InChI=1S/C36H39F4N3O6/c1-23-31(24-12-6-5-7-13-24)32(45)42(34(47)43(23)22-26-27(36(38,39)40)15-10-16-28(26)37)19-18-29(41-33(46)49-35(2,3)4)25-14-8-9-17-30(25)48-21-11-20-44/h5-10,12-17,29,44H,11,18-22H2,1-4H3,(H,41,46)/t29-/m0/s1. The average Bonchev–Trinajstić information content (AvgIpc) is 3.02. The summed E-state index contributed by atoms with van der Waals surface area (Å²) < 4.78 is 70.0. The highest BCUT2D eigenvalue weighted by atomic mass is 19.4. The fourth-order valence-corrected chi connectivity index (χ4v) is 5.42. The maximum atomic E-state index is 15.0. The molecule has 9 nitrogen and oxygen atoms in total. The predicted octanol–water partition coefficient (Wildman–Crippen LogP) is 6.61. The number of rotatable bonds is 12. The van der Waals surface area contributed by atoms with E-state index in [1.807, 2.05) is 0 Å². The van der Waals surface area contributed by atoms with E-state index in [1.54, 1.807) is 75.4 Å². The molecule has 13 heteroatoms. The van der Waals surface area contributed by atoms with Crippen LogP contribution in [0.2, 0.25) is 0 Å². The summed E-state index contributed by atoms with van der Waals surface area (Å²) in [5.74, 6) is -0.769. The lowest BCUT2D eigenvalue weighted by atomic mass is 10.0. The molecule has 1 atom stereocenters. The van der Waals surface area contributed by atoms with Crippen LogP contribution in [0.1, 0.15) is 62.0 Å². The monoisotopic (exact) mass is 685 g/mol. The number of amides is 1. The number of alkyl halides is 3. The molecular formula is C36H39F4N3O6. The molecule has 0 aliphatic rings. The quantitative estimate of drug-likeness (QED) is 0.128. The molecule has 0 aliphatic heterocycles. The first-order chi connectivity index (χ1) is 23.1. The zero-order chi connectivity index (χ0) is 35.9. The van der Waals surface area contributed by atoms with Crippen LogP contribution < -0.4 is 21.3 Å². The third kappa shape index (κ3) is 9.17. The van der Waals surface area contributed by atoms with Crippen molar-refractivity contribution in [1.29, 1.82) is 0 Å². The summed E-state index contributed by atoms with van der Waals surface area (Å²) in [6.07, 6.45) is -5.39. The first-order valence-electron chi connectivity index (χ1n) is 15.7. The summed E-state index contributed by atoms with van der Waals surface area (Å²) in [6.45, 7) is 5.46. The van der Waals surface area contributed by atoms with Crippen LogP contribution >= 0.6 is 0 Å². The number of aromatic nitrogens is 2. The van der Waals surface area contributed by atoms with E-state index >= 15 is 4.39 Å². The Balaban J connectivity index is 1.85. The number of carbonyl (C=O) groups excluding carboxylic acids is 1. The van der Waals surface area contributed by atoms with E-state index in [0.29, 0.717) is 23.3 Å². The maximum Gasteiger partial charge on any atom is 0.416 e. The van der Waals surface area contributed by atoms with Crippen molar-refractivity contribution in [3.05, 3.63) is 122 Å². The number of ether oxygens (including phenoxy) is 2. The Bertz CT molecular complexity index is 1880. The fourth-order valence-electron chi connectivity index (χ4n) is 5.42. The first-order valence-corrected chi connectivity index (χ1v) is 15.7. The zero-order valence-corrected chi connectivity index (χ0v) is 27.6. The molecule has 4 rings (SSSR count). The number of nitrogens with one attached hydrogen (secondary N) is 1. The number of carbonyl (C=O) groups is 1. The first kappa shape index (κ1) is 36.9. The number of aliphatic hydroxyl groups excluding tert-OH is 1. The third-order valence-electron chi connectivity index (χ3n) is 7.68. The molecule has 262 valence electrons. The Kier molecular flexibility index (Phi) is 11.7. The van der Waals surface area contributed by atoms with Crippen molar-refractivity contribution in [2.24, 2.45) is 0 Å². The average molecular weight is 686 g/mol. The molecule has 1 amide bonds. The van der Waals surface area contributed by atoms with Gasteiger partial charge in [-0.3, -0.25) is 13.9 Å². The number of aliphatic hydroxyl groups is 1. The molecule has 3 aromatic carbocycles. The summed E-state index contributed by atoms with van der Waals surface area (Å²) in [7, 11) is 0. The van der Waals surface area contributed by atoms with Gasteiger partial charge < -0.3 is 19.9 Å². The number of hydrogen-bond acceptors (Lipinski definition) is 6. The van der Waals surface area contributed by atoms with Crippen LogP contribution in [0.5, 0.6) is 5.75 Å². The van der Waals surface area contributed by atoms with E-state index in [1.165, 1.54) is 6.92 Å². The topological polar surface area (TPSA) is 112 Å². The van der Waals surface area contributed by atoms with Gasteiger partial charge in [0.2, 0.25) is 0 Å². The van der Waals surface area contributed by atoms with Gasteiger partial charge in [0.15, 0.2) is 0 Å². The Labute approximate surface area is 280 Å². The van der Waals surface area contributed by atoms with Gasteiger partial charge in [-0.05, 0) is 57.9 Å². The van der Waals surface area contributed by atoms with E-state index in [9.17, 15) is 32.7 Å². The van der Waals surface area contributed by atoms with Crippen molar-refractivity contribution in [2.75, 3.05) is 13.2 Å². The Hall–Kier alpha value is -4.91. The van der Waals surface area contributed by atoms with Gasteiger partial charge in [-0.15, -0.1) is 0 Å². The highest BCUT2D eigenvalue weighted by Crippen LogP contribution is 2.34. The molecule has 1 heterocycles. The lowest BCUT2D eigenvalue weighted by Crippen LogP contribution is -2.43. The van der Waals surface area contributed by atoms with Crippen molar-refractivity contribution in [1.82, 2.24) is 14.5 Å². The van der Waals surface area contributed by atoms with Gasteiger partial charge >= 0.3 is 18.0 Å². The van der Waals surface area contributed by atoms with Gasteiger partial charge in [0, 0.05) is 36.4 Å². The van der Waals surface area contributed by atoms with Crippen molar-refractivity contribution in [2.45, 2.75) is 71.4 Å². The molecule has 0 spiro atoms. The number of alkyl carbamates (subject to hydrolysis) is 1. The second-order valence-electron chi connectivity index (χ2n) is 12.4. The summed E-state index contributed by atoms with van der Waals surface area (Å²) in [4.78, 5) is 41.1. The van der Waals surface area contributed by atoms with Gasteiger partial charge in [0.1, 0.15) is 17.2 Å². The van der Waals surface area contributed by atoms with E-state index in [0.717, 1.165) is 27.3 Å². The zero-order valence-electron chi connectivity index (χ0n) is 27.6. The smallest absolute Gasteiger partial charge is 0.416 e. The second kappa shape index (κ2) is 15.5. The molecule has 0 aliphatic carbocycles. The summed E-state index contributed by atoms with van der Waals surface area (Å²) in [6, 6.07) is 16.8. The largest absolute Gasteiger partial charge is 0.493 e. The van der Waals surface area contributed by atoms with Crippen LogP contribution in [-0.4, -0.2) is 39.1 Å². The number of halogens is 4. The molecule has 0 saturated carbocycles. The van der Waals surface area contributed by atoms with Crippen LogP contribution in [-0.2, 0) is 24.0 Å². The molecule has 49 heavy (non-hydrogen) atoms. The van der Waals surface area contributed by atoms with Crippen LogP contribution in [0.3, 0.4) is 0 Å². The van der Waals surface area contributed by atoms with Crippen LogP contribution in [0.4, 0.5) is 22.4 Å². The van der Waals surface area contributed by atoms with E-state index in [-0.39, 0.29) is 37.4 Å². The Morgan fingerprint density at radius 3 is 2.27 bits per heavy atom. The summed E-state index contributed by atoms with van der Waals surface area (Å²) >= 11 is 0. The van der Waals surface area contributed by atoms with E-state index in [4.69, 9.17) is 9.47 Å². The molecule has 0 radical (unpaired) electrons. The minimum Gasteiger partial charge on any atom is -0.493 e. The van der Waals surface area contributed by atoms with Gasteiger partial charge in [-0.2, -0.15) is 13.2 Å². The lowest BCUT2D eigenvalue weighted by molar-refractivity contribution is -0.138. The second-order valence-corrected chi connectivity index (χ2v) is 12.4. The van der Waals surface area contributed by atoms with Gasteiger partial charge in [0.05, 0.1) is 30.3 Å². The van der Waals surface area contributed by atoms with Crippen LogP contribution in [0.15, 0.2) is 82.4 Å². The fraction of sp³-hybridized carbons (Fsp3) is 0.361. The summed E-state index contributed by atoms with van der Waals surface area (Å²) in [5.41, 5.74) is -3.49. The van der Waals surface area contributed by atoms with Crippen LogP contribution in [0.25, 0.3) is 11.1 Å². The highest BCUT2D eigenvalue weighted by Gasteiger charge is 2.35. The predicted molar refractivity (Wildman–Crippen MR) is 176 cm³/mol. The molecule has 0 saturated heterocycles. The number of benzene rings is 3. The normalized spacial score (nSPS) is 12.4. The molecule has 1 aromatic heterocycles.